The third-order valence-electron chi connectivity index (χ3n) is 3.05. The van der Waals surface area contributed by atoms with Crippen molar-refractivity contribution in [1.29, 1.82) is 0 Å². The fraction of sp³-hybridized carbons (Fsp3) is 0.188. The predicted molar refractivity (Wildman–Crippen MR) is 82.9 cm³/mol. The van der Waals surface area contributed by atoms with Gasteiger partial charge >= 0.3 is 0 Å². The molecule has 2 rings (SSSR count). The second-order valence-corrected chi connectivity index (χ2v) is 5.15. The molecule has 0 saturated heterocycles. The standard InChI is InChI=1S/C16H16ClFN2O/c1-11(12-5-7-13(17)8-6-12)19-10-16(21)20-15-4-2-3-14(18)9-15/h2-9,11,19H,10H2,1H3,(H,20,21)/t11-/m0/s1. The van der Waals surface area contributed by atoms with Crippen molar-refractivity contribution in [2.45, 2.75) is 13.0 Å². The molecule has 1 atom stereocenters. The molecule has 2 aromatic rings. The SMILES string of the molecule is C[C@H](NCC(=O)Nc1cccc(F)c1)c1ccc(Cl)cc1. The third kappa shape index (κ3) is 4.85. The average molecular weight is 307 g/mol. The first-order valence-electron chi connectivity index (χ1n) is 6.59. The summed E-state index contributed by atoms with van der Waals surface area (Å²) < 4.78 is 13.0. The number of hydrogen-bond acceptors (Lipinski definition) is 2. The molecule has 0 fully saturated rings. The summed E-state index contributed by atoms with van der Waals surface area (Å²) >= 11 is 5.83. The Morgan fingerprint density at radius 1 is 1.24 bits per heavy atom. The van der Waals surface area contributed by atoms with Crippen LogP contribution in [0.15, 0.2) is 48.5 Å². The van der Waals surface area contributed by atoms with E-state index in [1.807, 2.05) is 31.2 Å². The highest BCUT2D eigenvalue weighted by atomic mass is 35.5. The van der Waals surface area contributed by atoms with Gasteiger partial charge in [0.15, 0.2) is 0 Å². The van der Waals surface area contributed by atoms with Gasteiger partial charge in [0, 0.05) is 16.8 Å². The minimum absolute atomic E-state index is 0.0144. The van der Waals surface area contributed by atoms with Crippen LogP contribution in [0, 0.1) is 5.82 Å². The van der Waals surface area contributed by atoms with Crippen molar-refractivity contribution in [3.8, 4) is 0 Å². The summed E-state index contributed by atoms with van der Waals surface area (Å²) in [4.78, 5) is 11.8. The fourth-order valence-corrected chi connectivity index (χ4v) is 2.01. The molecule has 0 spiro atoms. The summed E-state index contributed by atoms with van der Waals surface area (Å²) in [6, 6.07) is 13.2. The molecule has 3 nitrogen and oxygen atoms in total. The highest BCUT2D eigenvalue weighted by molar-refractivity contribution is 6.30. The Morgan fingerprint density at radius 3 is 2.62 bits per heavy atom. The molecule has 21 heavy (non-hydrogen) atoms. The molecule has 2 aromatic carbocycles. The summed E-state index contributed by atoms with van der Waals surface area (Å²) in [5.74, 6) is -0.600. The number of amides is 1. The van der Waals surface area contributed by atoms with Crippen LogP contribution in [0.25, 0.3) is 0 Å². The molecule has 0 aliphatic carbocycles. The molecule has 2 N–H and O–H groups in total. The molecule has 0 bridgehead atoms. The average Bonchev–Trinajstić information content (AvgIpc) is 2.45. The molecule has 0 aromatic heterocycles. The first-order valence-corrected chi connectivity index (χ1v) is 6.96. The summed E-state index contributed by atoms with van der Waals surface area (Å²) in [6.07, 6.45) is 0. The fourth-order valence-electron chi connectivity index (χ4n) is 1.89. The first-order chi connectivity index (χ1) is 10.0. The molecule has 0 aliphatic heterocycles. The van der Waals surface area contributed by atoms with E-state index in [0.717, 1.165) is 5.56 Å². The van der Waals surface area contributed by atoms with E-state index in [9.17, 15) is 9.18 Å². The Morgan fingerprint density at radius 2 is 1.95 bits per heavy atom. The Balaban J connectivity index is 1.84. The second-order valence-electron chi connectivity index (χ2n) is 4.71. The topological polar surface area (TPSA) is 41.1 Å². The van der Waals surface area contributed by atoms with E-state index in [1.165, 1.54) is 12.1 Å². The van der Waals surface area contributed by atoms with Crippen LogP contribution in [-0.2, 0) is 4.79 Å². The Labute approximate surface area is 128 Å². The first kappa shape index (κ1) is 15.5. The van der Waals surface area contributed by atoms with E-state index in [-0.39, 0.29) is 24.3 Å². The highest BCUT2D eigenvalue weighted by Crippen LogP contribution is 2.15. The zero-order valence-corrected chi connectivity index (χ0v) is 12.3. The lowest BCUT2D eigenvalue weighted by Crippen LogP contribution is -2.30. The van der Waals surface area contributed by atoms with E-state index >= 15 is 0 Å². The van der Waals surface area contributed by atoms with Gasteiger partial charge < -0.3 is 10.6 Å². The minimum Gasteiger partial charge on any atom is -0.325 e. The van der Waals surface area contributed by atoms with Gasteiger partial charge in [0.25, 0.3) is 0 Å². The second kappa shape index (κ2) is 7.20. The van der Waals surface area contributed by atoms with Crippen molar-refractivity contribution < 1.29 is 9.18 Å². The maximum atomic E-state index is 13.0. The van der Waals surface area contributed by atoms with Crippen molar-refractivity contribution in [2.75, 3.05) is 11.9 Å². The lowest BCUT2D eigenvalue weighted by molar-refractivity contribution is -0.115. The normalized spacial score (nSPS) is 12.0. The molecule has 0 aliphatic rings. The molecule has 5 heteroatoms. The van der Waals surface area contributed by atoms with Gasteiger partial charge in [-0.05, 0) is 42.8 Å². The van der Waals surface area contributed by atoms with Gasteiger partial charge in [-0.1, -0.05) is 29.8 Å². The van der Waals surface area contributed by atoms with Gasteiger partial charge in [0.05, 0.1) is 6.54 Å². The Bertz CT molecular complexity index is 616. The van der Waals surface area contributed by atoms with Crippen LogP contribution in [0.5, 0.6) is 0 Å². The van der Waals surface area contributed by atoms with Crippen molar-refractivity contribution in [3.63, 3.8) is 0 Å². The van der Waals surface area contributed by atoms with Gasteiger partial charge in [-0.2, -0.15) is 0 Å². The molecule has 110 valence electrons. The highest BCUT2D eigenvalue weighted by Gasteiger charge is 2.08. The van der Waals surface area contributed by atoms with Crippen molar-refractivity contribution in [2.24, 2.45) is 0 Å². The van der Waals surface area contributed by atoms with Gasteiger partial charge in [0.1, 0.15) is 5.82 Å². The molecular weight excluding hydrogens is 291 g/mol. The van der Waals surface area contributed by atoms with Gasteiger partial charge in [-0.3, -0.25) is 4.79 Å². The van der Waals surface area contributed by atoms with Crippen LogP contribution in [-0.4, -0.2) is 12.5 Å². The van der Waals surface area contributed by atoms with Crippen molar-refractivity contribution in [1.82, 2.24) is 5.32 Å². The maximum absolute atomic E-state index is 13.0. The lowest BCUT2D eigenvalue weighted by Gasteiger charge is -2.14. The lowest BCUT2D eigenvalue weighted by atomic mass is 10.1. The molecule has 0 unspecified atom stereocenters. The van der Waals surface area contributed by atoms with Crippen LogP contribution in [0.4, 0.5) is 10.1 Å². The monoisotopic (exact) mass is 306 g/mol. The molecular formula is C16H16ClFN2O. The van der Waals surface area contributed by atoms with E-state index in [2.05, 4.69) is 10.6 Å². The van der Waals surface area contributed by atoms with E-state index in [4.69, 9.17) is 11.6 Å². The van der Waals surface area contributed by atoms with Crippen molar-refractivity contribution >= 4 is 23.2 Å². The number of benzene rings is 2. The Kier molecular flexibility index (Phi) is 5.31. The number of anilines is 1. The van der Waals surface area contributed by atoms with Crippen LogP contribution >= 0.6 is 11.6 Å². The van der Waals surface area contributed by atoms with E-state index < -0.39 is 0 Å². The summed E-state index contributed by atoms with van der Waals surface area (Å²) in [7, 11) is 0. The van der Waals surface area contributed by atoms with Crippen LogP contribution < -0.4 is 10.6 Å². The number of carbonyl (C=O) groups excluding carboxylic acids is 1. The van der Waals surface area contributed by atoms with E-state index in [1.54, 1.807) is 12.1 Å². The number of carbonyl (C=O) groups is 1. The number of hydrogen-bond donors (Lipinski definition) is 2. The Hall–Kier alpha value is -1.91. The molecule has 1 amide bonds. The number of rotatable bonds is 5. The van der Waals surface area contributed by atoms with Gasteiger partial charge in [-0.25, -0.2) is 4.39 Å². The smallest absolute Gasteiger partial charge is 0.238 e. The molecule has 0 heterocycles. The quantitative estimate of drug-likeness (QED) is 0.883. The van der Waals surface area contributed by atoms with Gasteiger partial charge in [0.2, 0.25) is 5.91 Å². The molecule has 0 saturated carbocycles. The predicted octanol–water partition coefficient (Wildman–Crippen LogP) is 3.77. The van der Waals surface area contributed by atoms with Crippen LogP contribution in [0.3, 0.4) is 0 Å². The van der Waals surface area contributed by atoms with Gasteiger partial charge in [-0.15, -0.1) is 0 Å². The van der Waals surface area contributed by atoms with Crippen LogP contribution in [0.1, 0.15) is 18.5 Å². The largest absolute Gasteiger partial charge is 0.325 e. The van der Waals surface area contributed by atoms with E-state index in [0.29, 0.717) is 10.7 Å². The maximum Gasteiger partial charge on any atom is 0.238 e. The minimum atomic E-state index is -0.379. The van der Waals surface area contributed by atoms with Crippen LogP contribution in [0.2, 0.25) is 5.02 Å². The molecule has 0 radical (unpaired) electrons. The van der Waals surface area contributed by atoms with Crippen molar-refractivity contribution in [3.05, 3.63) is 64.9 Å². The zero-order valence-electron chi connectivity index (χ0n) is 11.6. The summed E-state index contributed by atoms with van der Waals surface area (Å²) in [5, 5.41) is 6.42. The summed E-state index contributed by atoms with van der Waals surface area (Å²) in [6.45, 7) is 2.10. The number of halogens is 2. The zero-order chi connectivity index (χ0) is 15.2. The third-order valence-corrected chi connectivity index (χ3v) is 3.30. The summed E-state index contributed by atoms with van der Waals surface area (Å²) in [5.41, 5.74) is 1.49. The number of nitrogens with one attached hydrogen (secondary N) is 2.